The van der Waals surface area contributed by atoms with Crippen LogP contribution in [0.1, 0.15) is 19.8 Å². The molecule has 0 aromatic carbocycles. The number of piperidine rings is 1. The zero-order chi connectivity index (χ0) is 14.9. The van der Waals surface area contributed by atoms with Gasteiger partial charge in [0.25, 0.3) is 0 Å². The van der Waals surface area contributed by atoms with Gasteiger partial charge in [-0.3, -0.25) is 0 Å². The molecule has 2 fully saturated rings. The Labute approximate surface area is 118 Å². The van der Waals surface area contributed by atoms with Crippen molar-refractivity contribution in [2.45, 2.75) is 38.0 Å². The Morgan fingerprint density at radius 1 is 1.30 bits per heavy atom. The molecule has 0 aromatic rings. The smallest absolute Gasteiger partial charge is 0.326 e. The third kappa shape index (κ3) is 2.88. The minimum atomic E-state index is -1.07. The van der Waals surface area contributed by atoms with Crippen LogP contribution >= 0.6 is 0 Å². The lowest BCUT2D eigenvalue weighted by atomic mass is 9.96. The number of carbonyl (C=O) groups is 2. The van der Waals surface area contributed by atoms with Gasteiger partial charge in [0.15, 0.2) is 0 Å². The summed E-state index contributed by atoms with van der Waals surface area (Å²) in [5.74, 6) is -0.688. The Morgan fingerprint density at radius 2 is 2.00 bits per heavy atom. The molecule has 0 spiro atoms. The van der Waals surface area contributed by atoms with E-state index in [0.29, 0.717) is 19.0 Å². The first-order valence-corrected chi connectivity index (χ1v) is 6.93. The largest absolute Gasteiger partial charge is 0.480 e. The number of β-amino-alcohol motifs (C(OH)–C–C–N with tert-alkyl or cyclic N) is 1. The maximum atomic E-state index is 12.5. The number of ether oxygens (including phenoxy) is 1. The molecule has 2 rings (SSSR count). The maximum Gasteiger partial charge on any atom is 0.326 e. The van der Waals surface area contributed by atoms with Crippen LogP contribution in [0.5, 0.6) is 0 Å². The van der Waals surface area contributed by atoms with E-state index in [1.807, 2.05) is 0 Å². The van der Waals surface area contributed by atoms with Crippen LogP contribution in [0.2, 0.25) is 0 Å². The molecule has 2 aliphatic rings. The van der Waals surface area contributed by atoms with Crippen LogP contribution in [-0.4, -0.2) is 77.0 Å². The van der Waals surface area contributed by atoms with Gasteiger partial charge in [0.2, 0.25) is 0 Å². The van der Waals surface area contributed by atoms with E-state index in [4.69, 9.17) is 9.84 Å². The number of carboxylic acids is 1. The minimum Gasteiger partial charge on any atom is -0.480 e. The molecule has 2 heterocycles. The summed E-state index contributed by atoms with van der Waals surface area (Å²) in [4.78, 5) is 26.5. The third-order valence-corrected chi connectivity index (χ3v) is 4.27. The highest BCUT2D eigenvalue weighted by atomic mass is 16.5. The number of hydrogen-bond acceptors (Lipinski definition) is 4. The fraction of sp³-hybridized carbons (Fsp3) is 0.846. The van der Waals surface area contributed by atoms with Crippen molar-refractivity contribution in [2.24, 2.45) is 5.92 Å². The molecule has 0 radical (unpaired) electrons. The number of carboxylic acid groups (broad SMARTS) is 1. The van der Waals surface area contributed by atoms with Gasteiger partial charge in [0.05, 0.1) is 12.2 Å². The number of hydrogen-bond donors (Lipinski definition) is 2. The van der Waals surface area contributed by atoms with Gasteiger partial charge >= 0.3 is 12.0 Å². The number of amides is 2. The molecular formula is C13H22N2O5. The van der Waals surface area contributed by atoms with Crippen LogP contribution < -0.4 is 0 Å². The van der Waals surface area contributed by atoms with E-state index in [0.717, 1.165) is 6.42 Å². The van der Waals surface area contributed by atoms with Gasteiger partial charge in [-0.2, -0.15) is 0 Å². The van der Waals surface area contributed by atoms with Crippen molar-refractivity contribution < 1.29 is 24.5 Å². The molecule has 7 heteroatoms. The van der Waals surface area contributed by atoms with E-state index in [1.54, 1.807) is 12.0 Å². The van der Waals surface area contributed by atoms with Gasteiger partial charge in [-0.25, -0.2) is 9.59 Å². The van der Waals surface area contributed by atoms with Gasteiger partial charge in [-0.05, 0) is 12.3 Å². The van der Waals surface area contributed by atoms with Gasteiger partial charge < -0.3 is 24.7 Å². The number of aliphatic hydroxyl groups is 1. The Hall–Kier alpha value is -1.34. The summed E-state index contributed by atoms with van der Waals surface area (Å²) >= 11 is 0. The highest BCUT2D eigenvalue weighted by Crippen LogP contribution is 2.24. The van der Waals surface area contributed by atoms with E-state index in [9.17, 15) is 14.7 Å². The van der Waals surface area contributed by atoms with Crippen molar-refractivity contribution in [1.29, 1.82) is 0 Å². The molecule has 7 nitrogen and oxygen atoms in total. The molecule has 0 saturated carbocycles. The van der Waals surface area contributed by atoms with Gasteiger partial charge in [0, 0.05) is 33.2 Å². The van der Waals surface area contributed by atoms with Gasteiger partial charge in [-0.15, -0.1) is 0 Å². The van der Waals surface area contributed by atoms with Crippen molar-refractivity contribution in [2.75, 3.05) is 26.7 Å². The summed E-state index contributed by atoms with van der Waals surface area (Å²) in [6, 6.07) is -1.25. The molecule has 20 heavy (non-hydrogen) atoms. The van der Waals surface area contributed by atoms with Crippen molar-refractivity contribution >= 4 is 12.0 Å². The normalized spacial score (nSPS) is 34.4. The van der Waals surface area contributed by atoms with Crippen LogP contribution in [0, 0.1) is 5.92 Å². The van der Waals surface area contributed by atoms with E-state index in [1.165, 1.54) is 4.90 Å². The van der Waals surface area contributed by atoms with Crippen molar-refractivity contribution in [3.63, 3.8) is 0 Å². The number of aliphatic carboxylic acids is 1. The zero-order valence-electron chi connectivity index (χ0n) is 11.9. The summed E-state index contributed by atoms with van der Waals surface area (Å²) < 4.78 is 5.36. The first-order valence-electron chi connectivity index (χ1n) is 6.93. The monoisotopic (exact) mass is 286 g/mol. The lowest BCUT2D eigenvalue weighted by Gasteiger charge is -2.38. The zero-order valence-corrected chi connectivity index (χ0v) is 11.9. The first kappa shape index (κ1) is 15.1. The molecule has 2 saturated heterocycles. The highest BCUT2D eigenvalue weighted by Gasteiger charge is 2.42. The Kier molecular flexibility index (Phi) is 4.49. The number of likely N-dealkylation sites (tertiary alicyclic amines) is 2. The lowest BCUT2D eigenvalue weighted by molar-refractivity contribution is -0.141. The number of nitrogens with zero attached hydrogens (tertiary/aromatic N) is 2. The predicted octanol–water partition coefficient (Wildman–Crippen LogP) is -0.0170. The second kappa shape index (κ2) is 5.97. The highest BCUT2D eigenvalue weighted by molar-refractivity contribution is 5.83. The number of methoxy groups -OCH3 is 1. The van der Waals surface area contributed by atoms with Crippen molar-refractivity contribution in [3.8, 4) is 0 Å². The fourth-order valence-electron chi connectivity index (χ4n) is 2.96. The molecular weight excluding hydrogens is 264 g/mol. The van der Waals surface area contributed by atoms with E-state index < -0.39 is 18.1 Å². The Balaban J connectivity index is 2.05. The number of aliphatic hydroxyl groups excluding tert-OH is 1. The number of urea groups is 1. The second-order valence-corrected chi connectivity index (χ2v) is 5.66. The van der Waals surface area contributed by atoms with Crippen LogP contribution in [0.3, 0.4) is 0 Å². The quantitative estimate of drug-likeness (QED) is 0.744. The summed E-state index contributed by atoms with van der Waals surface area (Å²) in [7, 11) is 1.62. The molecule has 2 aliphatic heterocycles. The SMILES string of the molecule is COC1CN(C(=O)N2C[C@H](O)C[C@H]2C(=O)O)CCC1C. The van der Waals surface area contributed by atoms with E-state index in [2.05, 4.69) is 6.92 Å². The van der Waals surface area contributed by atoms with Crippen LogP contribution in [0.25, 0.3) is 0 Å². The van der Waals surface area contributed by atoms with E-state index >= 15 is 0 Å². The summed E-state index contributed by atoms with van der Waals surface area (Å²) in [6.07, 6.45) is 0.141. The third-order valence-electron chi connectivity index (χ3n) is 4.27. The summed E-state index contributed by atoms with van der Waals surface area (Å²) in [6.45, 7) is 3.23. The lowest BCUT2D eigenvalue weighted by Crippen LogP contribution is -2.53. The minimum absolute atomic E-state index is 0.0245. The fourth-order valence-corrected chi connectivity index (χ4v) is 2.96. The van der Waals surface area contributed by atoms with E-state index in [-0.39, 0.29) is 25.1 Å². The second-order valence-electron chi connectivity index (χ2n) is 5.66. The number of rotatable bonds is 2. The predicted molar refractivity (Wildman–Crippen MR) is 70.3 cm³/mol. The maximum absolute atomic E-state index is 12.5. The Bertz CT molecular complexity index is 389. The average Bonchev–Trinajstić information content (AvgIpc) is 2.81. The van der Waals surface area contributed by atoms with Gasteiger partial charge in [-0.1, -0.05) is 6.92 Å². The average molecular weight is 286 g/mol. The molecule has 0 aliphatic carbocycles. The Morgan fingerprint density at radius 3 is 2.60 bits per heavy atom. The molecule has 0 bridgehead atoms. The van der Waals surface area contributed by atoms with Crippen LogP contribution in [0.4, 0.5) is 4.79 Å². The molecule has 2 unspecified atom stereocenters. The molecule has 4 atom stereocenters. The van der Waals surface area contributed by atoms with Gasteiger partial charge in [0.1, 0.15) is 6.04 Å². The van der Waals surface area contributed by atoms with Crippen molar-refractivity contribution in [1.82, 2.24) is 9.80 Å². The summed E-state index contributed by atoms with van der Waals surface area (Å²) in [5.41, 5.74) is 0. The molecule has 114 valence electrons. The van der Waals surface area contributed by atoms with Crippen molar-refractivity contribution in [3.05, 3.63) is 0 Å². The molecule has 2 N–H and O–H groups in total. The van der Waals surface area contributed by atoms with Crippen LogP contribution in [-0.2, 0) is 9.53 Å². The standard InChI is InChI=1S/C13H22N2O5/c1-8-3-4-14(7-11(8)20-2)13(19)15-6-9(16)5-10(15)12(17)18/h8-11,16H,3-7H2,1-2H3,(H,17,18)/t8?,9-,10+,11?/m1/s1. The molecule has 0 aromatic heterocycles. The van der Waals surface area contributed by atoms with Crippen LogP contribution in [0.15, 0.2) is 0 Å². The topological polar surface area (TPSA) is 90.3 Å². The summed E-state index contributed by atoms with van der Waals surface area (Å²) in [5, 5.41) is 18.7. The first-order chi connectivity index (χ1) is 9.43. The molecule has 2 amide bonds. The number of carbonyl (C=O) groups excluding carboxylic acids is 1.